The summed E-state index contributed by atoms with van der Waals surface area (Å²) in [7, 11) is 0. The first-order valence-corrected chi connectivity index (χ1v) is 4.66. The molecule has 1 N–H and O–H groups in total. The molecule has 3 heteroatoms. The van der Waals surface area contributed by atoms with Crippen molar-refractivity contribution < 1.29 is 14.6 Å². The summed E-state index contributed by atoms with van der Waals surface area (Å²) in [6.45, 7) is 0.110. The number of benzene rings is 1. The Morgan fingerprint density at radius 3 is 2.71 bits per heavy atom. The van der Waals surface area contributed by atoms with Gasteiger partial charge in [0.05, 0.1) is 12.5 Å². The number of carbonyl (C=O) groups excluding carboxylic acids is 1. The molecule has 0 amide bonds. The number of hydrogen-bond donors (Lipinski definition) is 1. The molecule has 1 aromatic rings. The highest BCUT2D eigenvalue weighted by Crippen LogP contribution is 2.27. The zero-order valence-electron chi connectivity index (χ0n) is 7.72. The van der Waals surface area contributed by atoms with Crippen LogP contribution in [0.15, 0.2) is 30.3 Å². The fraction of sp³-hybridized carbons (Fsp3) is 0.364. The van der Waals surface area contributed by atoms with Crippen LogP contribution < -0.4 is 0 Å². The lowest BCUT2D eigenvalue weighted by Gasteiger charge is -2.27. The van der Waals surface area contributed by atoms with Gasteiger partial charge in [-0.3, -0.25) is 4.79 Å². The van der Waals surface area contributed by atoms with Gasteiger partial charge < -0.3 is 9.84 Å². The maximum Gasteiger partial charge on any atom is 0.306 e. The highest BCUT2D eigenvalue weighted by atomic mass is 16.5. The Morgan fingerprint density at radius 2 is 2.00 bits per heavy atom. The van der Waals surface area contributed by atoms with Gasteiger partial charge in [-0.25, -0.2) is 0 Å². The van der Waals surface area contributed by atoms with Crippen molar-refractivity contribution in [1.29, 1.82) is 0 Å². The molecule has 1 aromatic carbocycles. The Bertz CT molecular complexity index is 321. The minimum atomic E-state index is -0.574. The van der Waals surface area contributed by atoms with E-state index >= 15 is 0 Å². The third-order valence-electron chi connectivity index (χ3n) is 2.49. The maximum absolute atomic E-state index is 11.1. The molecule has 1 heterocycles. The number of esters is 1. The maximum atomic E-state index is 11.1. The molecule has 2 atom stereocenters. The molecule has 0 aliphatic carbocycles. The average molecular weight is 192 g/mol. The standard InChI is InChI=1S/C11H12O3/c12-10-7-14-11(13)6-9(10)8-4-2-1-3-5-8/h1-5,9-10,12H,6-7H2/t9-,10+/m0/s1. The summed E-state index contributed by atoms with van der Waals surface area (Å²) in [6.07, 6.45) is -0.305. The van der Waals surface area contributed by atoms with E-state index in [1.807, 2.05) is 30.3 Å². The van der Waals surface area contributed by atoms with Crippen LogP contribution in [0.4, 0.5) is 0 Å². The lowest BCUT2D eigenvalue weighted by Crippen LogP contribution is -2.33. The quantitative estimate of drug-likeness (QED) is 0.677. The molecule has 1 aliphatic rings. The molecule has 2 rings (SSSR count). The molecular weight excluding hydrogens is 180 g/mol. The minimum absolute atomic E-state index is 0.110. The summed E-state index contributed by atoms with van der Waals surface area (Å²) >= 11 is 0. The molecule has 1 aliphatic heterocycles. The van der Waals surface area contributed by atoms with Gasteiger partial charge >= 0.3 is 5.97 Å². The number of aliphatic hydroxyl groups excluding tert-OH is 1. The topological polar surface area (TPSA) is 46.5 Å². The molecule has 0 bridgehead atoms. The smallest absolute Gasteiger partial charge is 0.306 e. The highest BCUT2D eigenvalue weighted by Gasteiger charge is 2.30. The largest absolute Gasteiger partial charge is 0.463 e. The average Bonchev–Trinajstić information content (AvgIpc) is 2.23. The molecule has 14 heavy (non-hydrogen) atoms. The normalized spacial score (nSPS) is 27.1. The van der Waals surface area contributed by atoms with E-state index in [0.29, 0.717) is 0 Å². The Kier molecular flexibility index (Phi) is 2.50. The van der Waals surface area contributed by atoms with Crippen molar-refractivity contribution in [2.24, 2.45) is 0 Å². The van der Waals surface area contributed by atoms with Crippen LogP contribution in [0.5, 0.6) is 0 Å². The SMILES string of the molecule is O=C1C[C@@H](c2ccccc2)[C@H](O)CO1. The van der Waals surface area contributed by atoms with Crippen LogP contribution in [-0.2, 0) is 9.53 Å². The third kappa shape index (κ3) is 1.77. The molecule has 1 saturated heterocycles. The van der Waals surface area contributed by atoms with Gasteiger partial charge in [0, 0.05) is 5.92 Å². The summed E-state index contributed by atoms with van der Waals surface area (Å²) in [5.41, 5.74) is 0.997. The second-order valence-electron chi connectivity index (χ2n) is 3.47. The van der Waals surface area contributed by atoms with Gasteiger partial charge in [0.15, 0.2) is 0 Å². The van der Waals surface area contributed by atoms with Gasteiger partial charge in [0.25, 0.3) is 0 Å². The van der Waals surface area contributed by atoms with Crippen LogP contribution in [-0.4, -0.2) is 23.8 Å². The van der Waals surface area contributed by atoms with E-state index in [1.54, 1.807) is 0 Å². The summed E-state index contributed by atoms with van der Waals surface area (Å²) < 4.78 is 4.75. The molecule has 3 nitrogen and oxygen atoms in total. The van der Waals surface area contributed by atoms with Crippen molar-refractivity contribution >= 4 is 5.97 Å². The Hall–Kier alpha value is -1.35. The lowest BCUT2D eigenvalue weighted by atomic mass is 9.89. The molecule has 74 valence electrons. The van der Waals surface area contributed by atoms with Gasteiger partial charge in [0.2, 0.25) is 0 Å². The molecule has 0 unspecified atom stereocenters. The van der Waals surface area contributed by atoms with Crippen molar-refractivity contribution in [3.63, 3.8) is 0 Å². The van der Waals surface area contributed by atoms with Gasteiger partial charge in [-0.05, 0) is 5.56 Å². The summed E-state index contributed by atoms with van der Waals surface area (Å²) in [5, 5.41) is 9.66. The number of rotatable bonds is 1. The number of hydrogen-bond acceptors (Lipinski definition) is 3. The van der Waals surface area contributed by atoms with E-state index in [0.717, 1.165) is 5.56 Å². The summed E-state index contributed by atoms with van der Waals surface area (Å²) in [6, 6.07) is 9.57. The predicted molar refractivity (Wildman–Crippen MR) is 50.8 cm³/mol. The number of cyclic esters (lactones) is 1. The van der Waals surface area contributed by atoms with Gasteiger partial charge in [0.1, 0.15) is 6.61 Å². The van der Waals surface area contributed by atoms with Crippen molar-refractivity contribution in [2.45, 2.75) is 18.4 Å². The van der Waals surface area contributed by atoms with E-state index in [1.165, 1.54) is 0 Å². The number of aliphatic hydroxyl groups is 1. The van der Waals surface area contributed by atoms with E-state index in [2.05, 4.69) is 0 Å². The fourth-order valence-corrected chi connectivity index (χ4v) is 1.71. The summed E-state index contributed by atoms with van der Waals surface area (Å²) in [5.74, 6) is -0.346. The minimum Gasteiger partial charge on any atom is -0.463 e. The van der Waals surface area contributed by atoms with Crippen molar-refractivity contribution in [3.8, 4) is 0 Å². The third-order valence-corrected chi connectivity index (χ3v) is 2.49. The lowest BCUT2D eigenvalue weighted by molar-refractivity contribution is -0.154. The molecule has 0 spiro atoms. The van der Waals surface area contributed by atoms with E-state index in [4.69, 9.17) is 4.74 Å². The highest BCUT2D eigenvalue weighted by molar-refractivity contribution is 5.71. The van der Waals surface area contributed by atoms with Crippen molar-refractivity contribution in [2.75, 3.05) is 6.61 Å². The Morgan fingerprint density at radius 1 is 1.29 bits per heavy atom. The van der Waals surface area contributed by atoms with Crippen molar-refractivity contribution in [3.05, 3.63) is 35.9 Å². The van der Waals surface area contributed by atoms with E-state index in [9.17, 15) is 9.90 Å². The van der Waals surface area contributed by atoms with Crippen LogP contribution in [0.3, 0.4) is 0 Å². The van der Waals surface area contributed by atoms with Crippen LogP contribution in [0.1, 0.15) is 17.9 Å². The molecule has 1 fully saturated rings. The molecule has 0 radical (unpaired) electrons. The molecule has 0 saturated carbocycles. The van der Waals surface area contributed by atoms with Crippen LogP contribution >= 0.6 is 0 Å². The van der Waals surface area contributed by atoms with E-state index in [-0.39, 0.29) is 24.9 Å². The van der Waals surface area contributed by atoms with Crippen LogP contribution in [0.25, 0.3) is 0 Å². The monoisotopic (exact) mass is 192 g/mol. The zero-order chi connectivity index (χ0) is 9.97. The van der Waals surface area contributed by atoms with Gasteiger partial charge in [-0.15, -0.1) is 0 Å². The van der Waals surface area contributed by atoms with Crippen LogP contribution in [0.2, 0.25) is 0 Å². The van der Waals surface area contributed by atoms with E-state index < -0.39 is 6.10 Å². The van der Waals surface area contributed by atoms with Gasteiger partial charge in [-0.2, -0.15) is 0 Å². The Labute approximate surface area is 82.3 Å². The van der Waals surface area contributed by atoms with Crippen molar-refractivity contribution in [1.82, 2.24) is 0 Å². The number of carbonyl (C=O) groups is 1. The first-order chi connectivity index (χ1) is 6.77. The number of ether oxygens (including phenoxy) is 1. The zero-order valence-corrected chi connectivity index (χ0v) is 7.72. The first-order valence-electron chi connectivity index (χ1n) is 4.66. The molecule has 0 aromatic heterocycles. The predicted octanol–water partition coefficient (Wildman–Crippen LogP) is 1.08. The first kappa shape index (κ1) is 9.21. The van der Waals surface area contributed by atoms with Gasteiger partial charge in [-0.1, -0.05) is 30.3 Å². The van der Waals surface area contributed by atoms with Crippen LogP contribution in [0, 0.1) is 0 Å². The Balaban J connectivity index is 2.20. The second kappa shape index (κ2) is 3.80. The fourth-order valence-electron chi connectivity index (χ4n) is 1.71. The summed E-state index contributed by atoms with van der Waals surface area (Å²) in [4.78, 5) is 11.1. The second-order valence-corrected chi connectivity index (χ2v) is 3.47. The molecular formula is C11H12O3.